The molecule has 0 aliphatic heterocycles. The van der Waals surface area contributed by atoms with Crippen LogP contribution in [0.1, 0.15) is 80.7 Å². The van der Waals surface area contributed by atoms with Crippen molar-refractivity contribution in [1.29, 1.82) is 0 Å². The molecule has 0 bridgehead atoms. The van der Waals surface area contributed by atoms with Crippen LogP contribution in [0, 0.1) is 17.8 Å². The molecule has 0 heterocycles. The Morgan fingerprint density at radius 2 is 1.41 bits per heavy atom. The lowest BCUT2D eigenvalue weighted by Gasteiger charge is -2.33. The molecule has 0 aliphatic carbocycles. The van der Waals surface area contributed by atoms with E-state index in [1.807, 2.05) is 44.2 Å². The smallest absolute Gasteiger partial charge is 0.408 e. The lowest BCUT2D eigenvalue weighted by atomic mass is 9.97. The number of aliphatic hydroxyl groups excluding tert-OH is 1. The number of likely N-dealkylation sites (N-methyl/N-ethyl adjacent to an activating group) is 1. The van der Waals surface area contributed by atoms with Crippen molar-refractivity contribution in [1.82, 2.24) is 26.2 Å². The number of hydrogen-bond donors (Lipinski definition) is 6. The third kappa shape index (κ3) is 16.6. The van der Waals surface area contributed by atoms with E-state index in [-0.39, 0.29) is 43.1 Å². The Hall–Kier alpha value is -3.52. The van der Waals surface area contributed by atoms with Crippen LogP contribution in [0.2, 0.25) is 0 Å². The summed E-state index contributed by atoms with van der Waals surface area (Å²) < 4.78 is 10.6. The number of rotatable bonds is 18. The second kappa shape index (κ2) is 20.9. The van der Waals surface area contributed by atoms with Gasteiger partial charge in [0.15, 0.2) is 0 Å². The number of thiol groups is 1. The van der Waals surface area contributed by atoms with E-state index in [1.54, 1.807) is 48.5 Å². The zero-order valence-electron chi connectivity index (χ0n) is 30.7. The van der Waals surface area contributed by atoms with Crippen LogP contribution in [-0.4, -0.2) is 95.1 Å². The molecule has 5 N–H and O–H groups in total. The highest BCUT2D eigenvalue weighted by Crippen LogP contribution is 2.14. The molecule has 0 aliphatic rings. The van der Waals surface area contributed by atoms with Crippen LogP contribution < -0.4 is 21.3 Å². The molecule has 1 aromatic carbocycles. The second-order valence-electron chi connectivity index (χ2n) is 14.4. The number of carbonyl (C=O) groups excluding carboxylic acids is 5. The van der Waals surface area contributed by atoms with Crippen LogP contribution >= 0.6 is 12.6 Å². The zero-order chi connectivity index (χ0) is 37.5. The SMILES string of the molecule is CC(C)C[C@H](NC(=O)[C@H](CCS)NC(=O)[C@@H](NC(=O)OC(C)(C)C)C(C)C)[C@@H](O)CN(C)C(=O)C(NC(=O)OCc1ccccc1)C(C)C. The molecule has 49 heavy (non-hydrogen) atoms. The van der Waals surface area contributed by atoms with Crippen LogP contribution in [0.4, 0.5) is 9.59 Å². The van der Waals surface area contributed by atoms with Crippen molar-refractivity contribution in [3.05, 3.63) is 35.9 Å². The van der Waals surface area contributed by atoms with Crippen LogP contribution in [0.5, 0.6) is 0 Å². The fourth-order valence-corrected chi connectivity index (χ4v) is 5.13. The zero-order valence-corrected chi connectivity index (χ0v) is 31.6. The van der Waals surface area contributed by atoms with E-state index < -0.39 is 65.8 Å². The number of hydrogen-bond acceptors (Lipinski definition) is 9. The van der Waals surface area contributed by atoms with Crippen molar-refractivity contribution in [2.45, 2.75) is 118 Å². The van der Waals surface area contributed by atoms with E-state index >= 15 is 0 Å². The number of benzene rings is 1. The van der Waals surface area contributed by atoms with Gasteiger partial charge in [0, 0.05) is 13.6 Å². The highest BCUT2D eigenvalue weighted by Gasteiger charge is 2.34. The Balaban J connectivity index is 2.99. The Morgan fingerprint density at radius 3 is 1.92 bits per heavy atom. The molecule has 1 unspecified atom stereocenters. The minimum absolute atomic E-state index is 0.0455. The van der Waals surface area contributed by atoms with E-state index in [0.717, 1.165) is 5.56 Å². The van der Waals surface area contributed by atoms with Crippen molar-refractivity contribution in [2.24, 2.45) is 17.8 Å². The molecule has 5 atom stereocenters. The van der Waals surface area contributed by atoms with Crippen LogP contribution in [-0.2, 0) is 30.5 Å². The summed E-state index contributed by atoms with van der Waals surface area (Å²) in [6, 6.07) is 5.48. The van der Waals surface area contributed by atoms with E-state index in [4.69, 9.17) is 9.47 Å². The minimum atomic E-state index is -1.18. The molecule has 1 aromatic rings. The Bertz CT molecular complexity index is 1210. The van der Waals surface area contributed by atoms with Crippen molar-refractivity contribution in [2.75, 3.05) is 19.3 Å². The monoisotopic (exact) mass is 709 g/mol. The van der Waals surface area contributed by atoms with Crippen molar-refractivity contribution in [3.8, 4) is 0 Å². The molecule has 0 radical (unpaired) electrons. The largest absolute Gasteiger partial charge is 0.445 e. The summed E-state index contributed by atoms with van der Waals surface area (Å²) in [5.74, 6) is -1.80. The van der Waals surface area contributed by atoms with Crippen molar-refractivity contribution in [3.63, 3.8) is 0 Å². The van der Waals surface area contributed by atoms with Crippen LogP contribution in [0.3, 0.4) is 0 Å². The second-order valence-corrected chi connectivity index (χ2v) is 14.8. The maximum atomic E-state index is 13.5. The molecule has 13 nitrogen and oxygen atoms in total. The number of nitrogens with one attached hydrogen (secondary N) is 4. The van der Waals surface area contributed by atoms with Crippen LogP contribution in [0.15, 0.2) is 30.3 Å². The summed E-state index contributed by atoms with van der Waals surface area (Å²) >= 11 is 4.26. The average molecular weight is 710 g/mol. The summed E-state index contributed by atoms with van der Waals surface area (Å²) in [6.45, 7) is 16.0. The summed E-state index contributed by atoms with van der Waals surface area (Å²) in [7, 11) is 1.51. The highest BCUT2D eigenvalue weighted by molar-refractivity contribution is 7.80. The van der Waals surface area contributed by atoms with E-state index in [9.17, 15) is 29.1 Å². The number of ether oxygens (including phenoxy) is 2. The standard InChI is InChI=1S/C35H59N5O8S/c1-21(2)18-26(37-30(42)25(16-17-49)36-31(43)28(22(3)4)38-34(46)48-35(7,8)9)27(41)19-40(10)32(44)29(23(5)6)39-33(45)47-20-24-14-12-11-13-15-24/h11-15,21-23,25-29,41,49H,16-20H2,1-10H3,(H,36,43)(H,37,42)(H,38,46)(H,39,45)/t25-,26-,27-,28-,29?/m0/s1. The maximum absolute atomic E-state index is 13.5. The van der Waals surface area contributed by atoms with Gasteiger partial charge in [0.25, 0.3) is 0 Å². The molecule has 0 spiro atoms. The minimum Gasteiger partial charge on any atom is -0.445 e. The maximum Gasteiger partial charge on any atom is 0.408 e. The first-order valence-electron chi connectivity index (χ1n) is 16.9. The molecule has 0 fully saturated rings. The molecule has 1 rings (SSSR count). The third-order valence-corrected chi connectivity index (χ3v) is 7.70. The van der Waals surface area contributed by atoms with E-state index in [1.165, 1.54) is 11.9 Å². The van der Waals surface area contributed by atoms with Gasteiger partial charge >= 0.3 is 12.2 Å². The summed E-state index contributed by atoms with van der Waals surface area (Å²) in [5.41, 5.74) is 0.0409. The molecule has 0 saturated heterocycles. The van der Waals surface area contributed by atoms with Gasteiger partial charge in [-0.1, -0.05) is 71.9 Å². The Morgan fingerprint density at radius 1 is 0.837 bits per heavy atom. The van der Waals surface area contributed by atoms with Gasteiger partial charge in [-0.05, 0) is 62.7 Å². The number of alkyl carbamates (subject to hydrolysis) is 2. The lowest BCUT2D eigenvalue weighted by Crippen LogP contribution is -2.59. The number of aliphatic hydroxyl groups is 1. The van der Waals surface area contributed by atoms with Gasteiger partial charge in [-0.2, -0.15) is 12.6 Å². The first kappa shape index (κ1) is 43.5. The van der Waals surface area contributed by atoms with Gasteiger partial charge in [0.05, 0.1) is 12.1 Å². The molecule has 14 heteroatoms. The van der Waals surface area contributed by atoms with Gasteiger partial charge in [0.2, 0.25) is 17.7 Å². The number of nitrogens with zero attached hydrogens (tertiary/aromatic N) is 1. The normalized spacial score (nSPS) is 14.7. The Labute approximate surface area is 297 Å². The summed E-state index contributed by atoms with van der Waals surface area (Å²) in [5, 5.41) is 22.1. The van der Waals surface area contributed by atoms with Gasteiger partial charge in [-0.3, -0.25) is 14.4 Å². The van der Waals surface area contributed by atoms with Gasteiger partial charge in [-0.15, -0.1) is 0 Å². The quantitative estimate of drug-likeness (QED) is 0.125. The van der Waals surface area contributed by atoms with E-state index in [2.05, 4.69) is 33.9 Å². The summed E-state index contributed by atoms with van der Waals surface area (Å²) in [6.07, 6.45) is -2.11. The molecular weight excluding hydrogens is 650 g/mol. The lowest BCUT2D eigenvalue weighted by molar-refractivity contribution is -0.135. The van der Waals surface area contributed by atoms with Gasteiger partial charge < -0.3 is 40.7 Å². The summed E-state index contributed by atoms with van der Waals surface area (Å²) in [4.78, 5) is 66.5. The number of carbonyl (C=O) groups is 5. The molecule has 5 amide bonds. The average Bonchev–Trinajstić information content (AvgIpc) is 2.99. The van der Waals surface area contributed by atoms with E-state index in [0.29, 0.717) is 6.42 Å². The molecule has 0 saturated carbocycles. The first-order valence-corrected chi connectivity index (χ1v) is 17.5. The van der Waals surface area contributed by atoms with Crippen molar-refractivity contribution >= 4 is 42.5 Å². The topological polar surface area (TPSA) is 175 Å². The van der Waals surface area contributed by atoms with Gasteiger partial charge in [0.1, 0.15) is 30.3 Å². The first-order chi connectivity index (χ1) is 22.7. The highest BCUT2D eigenvalue weighted by atomic mass is 32.1. The fourth-order valence-electron chi connectivity index (χ4n) is 4.87. The van der Waals surface area contributed by atoms with Gasteiger partial charge in [-0.25, -0.2) is 9.59 Å². The van der Waals surface area contributed by atoms with Crippen molar-refractivity contribution < 1.29 is 38.6 Å². The Kier molecular flexibility index (Phi) is 18.5. The molecule has 0 aromatic heterocycles. The van der Waals surface area contributed by atoms with Crippen LogP contribution in [0.25, 0.3) is 0 Å². The fraction of sp³-hybridized carbons (Fsp3) is 0.686. The molecular formula is C35H59N5O8S. The molecule has 278 valence electrons. The predicted octanol–water partition coefficient (Wildman–Crippen LogP) is 3.64. The number of amides is 5. The third-order valence-electron chi connectivity index (χ3n) is 7.45. The predicted molar refractivity (Wildman–Crippen MR) is 192 cm³/mol.